The predicted octanol–water partition coefficient (Wildman–Crippen LogP) is 3.13. The fourth-order valence-electron chi connectivity index (χ4n) is 4.95. The summed E-state index contributed by atoms with van der Waals surface area (Å²) >= 11 is 0. The number of ether oxygens (including phenoxy) is 1. The summed E-state index contributed by atoms with van der Waals surface area (Å²) in [4.78, 5) is 30.0. The maximum atomic E-state index is 13.3. The molecule has 2 aliphatic heterocycles. The summed E-state index contributed by atoms with van der Waals surface area (Å²) in [6.45, 7) is 4.58. The van der Waals surface area contributed by atoms with E-state index in [1.54, 1.807) is 18.0 Å². The van der Waals surface area contributed by atoms with Gasteiger partial charge in [-0.05, 0) is 68.7 Å². The Labute approximate surface area is 184 Å². The highest BCUT2D eigenvalue weighted by Crippen LogP contribution is 2.32. The van der Waals surface area contributed by atoms with E-state index in [2.05, 4.69) is 10.00 Å². The zero-order valence-corrected chi connectivity index (χ0v) is 18.5. The van der Waals surface area contributed by atoms with Crippen LogP contribution in [0.4, 0.5) is 0 Å². The monoisotopic (exact) mass is 424 g/mol. The fraction of sp³-hybridized carbons (Fsp3) is 0.542. The standard InChI is InChI=1S/C24H32N4O3/c1-18-15-25-27(16-18)17-23(29)26-12-9-19(10-13-26)22-8-3-4-11-28(22)24(30)20-6-5-7-21(14-20)31-2/h5-7,14-16,19,22H,3-4,8-13,17H2,1-2H3/t22-/m0/s1. The van der Waals surface area contributed by atoms with Crippen LogP contribution in [0.3, 0.4) is 0 Å². The minimum atomic E-state index is 0.0937. The molecule has 1 aromatic carbocycles. The number of methoxy groups -OCH3 is 1. The highest BCUT2D eigenvalue weighted by molar-refractivity contribution is 5.95. The minimum Gasteiger partial charge on any atom is -0.497 e. The van der Waals surface area contributed by atoms with Crippen LogP contribution in [0.1, 0.15) is 48.0 Å². The number of hydrogen-bond donors (Lipinski definition) is 0. The number of amides is 2. The number of likely N-dealkylation sites (tertiary alicyclic amines) is 2. The van der Waals surface area contributed by atoms with Crippen LogP contribution < -0.4 is 4.74 Å². The van der Waals surface area contributed by atoms with Crippen LogP contribution in [0.25, 0.3) is 0 Å². The van der Waals surface area contributed by atoms with Crippen LogP contribution in [0.2, 0.25) is 0 Å². The molecular weight excluding hydrogens is 392 g/mol. The molecule has 2 saturated heterocycles. The molecule has 166 valence electrons. The Morgan fingerprint density at radius 1 is 1.13 bits per heavy atom. The molecule has 0 radical (unpaired) electrons. The Kier molecular flexibility index (Phi) is 6.59. The van der Waals surface area contributed by atoms with Crippen molar-refractivity contribution < 1.29 is 14.3 Å². The molecule has 7 nitrogen and oxygen atoms in total. The molecule has 2 amide bonds. The van der Waals surface area contributed by atoms with Crippen molar-refractivity contribution >= 4 is 11.8 Å². The maximum Gasteiger partial charge on any atom is 0.254 e. The van der Waals surface area contributed by atoms with Gasteiger partial charge in [0.2, 0.25) is 5.91 Å². The van der Waals surface area contributed by atoms with Crippen LogP contribution in [0, 0.1) is 12.8 Å². The van der Waals surface area contributed by atoms with Crippen LogP contribution in [-0.4, -0.2) is 64.2 Å². The number of aryl methyl sites for hydroxylation is 1. The zero-order valence-electron chi connectivity index (χ0n) is 18.5. The van der Waals surface area contributed by atoms with Gasteiger partial charge in [0.05, 0.1) is 13.3 Å². The molecule has 7 heteroatoms. The van der Waals surface area contributed by atoms with E-state index in [9.17, 15) is 9.59 Å². The van der Waals surface area contributed by atoms with E-state index in [1.807, 2.05) is 42.3 Å². The smallest absolute Gasteiger partial charge is 0.254 e. The highest BCUT2D eigenvalue weighted by Gasteiger charge is 2.36. The first-order valence-corrected chi connectivity index (χ1v) is 11.3. The Hall–Kier alpha value is -2.83. The van der Waals surface area contributed by atoms with E-state index in [-0.39, 0.29) is 17.9 Å². The lowest BCUT2D eigenvalue weighted by Gasteiger charge is -2.43. The Balaban J connectivity index is 1.38. The number of hydrogen-bond acceptors (Lipinski definition) is 4. The molecule has 2 aromatic rings. The largest absolute Gasteiger partial charge is 0.497 e. The van der Waals surface area contributed by atoms with Gasteiger partial charge in [-0.25, -0.2) is 0 Å². The number of nitrogens with zero attached hydrogens (tertiary/aromatic N) is 4. The molecule has 0 unspecified atom stereocenters. The van der Waals surface area contributed by atoms with Gasteiger partial charge >= 0.3 is 0 Å². The van der Waals surface area contributed by atoms with Gasteiger partial charge in [0.25, 0.3) is 5.91 Å². The second kappa shape index (κ2) is 9.54. The molecule has 1 aromatic heterocycles. The molecule has 0 aliphatic carbocycles. The van der Waals surface area contributed by atoms with Gasteiger partial charge in [-0.2, -0.15) is 5.10 Å². The van der Waals surface area contributed by atoms with Gasteiger partial charge < -0.3 is 14.5 Å². The Morgan fingerprint density at radius 3 is 2.65 bits per heavy atom. The predicted molar refractivity (Wildman–Crippen MR) is 118 cm³/mol. The number of benzene rings is 1. The van der Waals surface area contributed by atoms with Crippen molar-refractivity contribution in [2.24, 2.45) is 5.92 Å². The number of aromatic nitrogens is 2. The Morgan fingerprint density at radius 2 is 1.94 bits per heavy atom. The van der Waals surface area contributed by atoms with Crippen molar-refractivity contribution in [2.45, 2.75) is 51.6 Å². The molecule has 1 atom stereocenters. The van der Waals surface area contributed by atoms with Gasteiger partial charge in [-0.1, -0.05) is 6.07 Å². The van der Waals surface area contributed by atoms with E-state index in [1.165, 1.54) is 0 Å². The lowest BCUT2D eigenvalue weighted by Crippen LogP contribution is -2.51. The first kappa shape index (κ1) is 21.4. The number of carbonyl (C=O) groups excluding carboxylic acids is 2. The fourth-order valence-corrected chi connectivity index (χ4v) is 4.95. The first-order chi connectivity index (χ1) is 15.0. The molecule has 0 spiro atoms. The second-order valence-corrected chi connectivity index (χ2v) is 8.73. The second-order valence-electron chi connectivity index (χ2n) is 8.73. The lowest BCUT2D eigenvalue weighted by molar-refractivity contribution is -0.133. The van der Waals surface area contributed by atoms with Gasteiger partial charge in [-0.3, -0.25) is 14.3 Å². The van der Waals surface area contributed by atoms with Crippen molar-refractivity contribution in [2.75, 3.05) is 26.7 Å². The summed E-state index contributed by atoms with van der Waals surface area (Å²) in [6.07, 6.45) is 8.80. The molecule has 4 rings (SSSR count). The molecule has 2 aliphatic rings. The third-order valence-corrected chi connectivity index (χ3v) is 6.62. The van der Waals surface area contributed by atoms with Crippen molar-refractivity contribution in [1.29, 1.82) is 0 Å². The lowest BCUT2D eigenvalue weighted by atomic mass is 9.83. The molecule has 31 heavy (non-hydrogen) atoms. The molecule has 2 fully saturated rings. The number of carbonyl (C=O) groups is 2. The zero-order chi connectivity index (χ0) is 21.8. The van der Waals surface area contributed by atoms with Crippen LogP contribution in [0.15, 0.2) is 36.7 Å². The molecule has 0 saturated carbocycles. The van der Waals surface area contributed by atoms with Gasteiger partial charge in [-0.15, -0.1) is 0 Å². The summed E-state index contributed by atoms with van der Waals surface area (Å²) in [5, 5.41) is 4.23. The Bertz CT molecular complexity index is 917. The van der Waals surface area contributed by atoms with E-state index in [0.29, 0.717) is 23.8 Å². The average molecular weight is 425 g/mol. The van der Waals surface area contributed by atoms with Gasteiger partial charge in [0, 0.05) is 37.4 Å². The third kappa shape index (κ3) is 4.92. The normalized spacial score (nSPS) is 20.0. The maximum absolute atomic E-state index is 13.3. The van der Waals surface area contributed by atoms with Crippen molar-refractivity contribution in [3.8, 4) is 5.75 Å². The van der Waals surface area contributed by atoms with Crippen molar-refractivity contribution in [3.63, 3.8) is 0 Å². The quantitative estimate of drug-likeness (QED) is 0.740. The molecule has 0 bridgehead atoms. The summed E-state index contributed by atoms with van der Waals surface area (Å²) in [5.41, 5.74) is 1.75. The van der Waals surface area contributed by atoms with Crippen molar-refractivity contribution in [3.05, 3.63) is 47.8 Å². The van der Waals surface area contributed by atoms with Gasteiger partial charge in [0.1, 0.15) is 12.3 Å². The van der Waals surface area contributed by atoms with E-state index >= 15 is 0 Å². The number of piperidine rings is 2. The summed E-state index contributed by atoms with van der Waals surface area (Å²) in [5.74, 6) is 1.36. The average Bonchev–Trinajstić information content (AvgIpc) is 3.23. The third-order valence-electron chi connectivity index (χ3n) is 6.62. The van der Waals surface area contributed by atoms with Gasteiger partial charge in [0.15, 0.2) is 0 Å². The minimum absolute atomic E-state index is 0.0937. The van der Waals surface area contributed by atoms with Crippen molar-refractivity contribution in [1.82, 2.24) is 19.6 Å². The molecule has 0 N–H and O–H groups in total. The van der Waals surface area contributed by atoms with E-state index < -0.39 is 0 Å². The van der Waals surface area contributed by atoms with Crippen LogP contribution in [-0.2, 0) is 11.3 Å². The molecular formula is C24H32N4O3. The molecule has 3 heterocycles. The first-order valence-electron chi connectivity index (χ1n) is 11.3. The van der Waals surface area contributed by atoms with Crippen LogP contribution >= 0.6 is 0 Å². The topological polar surface area (TPSA) is 67.7 Å². The summed E-state index contributed by atoms with van der Waals surface area (Å²) in [7, 11) is 1.62. The SMILES string of the molecule is COc1cccc(C(=O)N2CCCC[C@H]2C2CCN(C(=O)Cn3cc(C)cn3)CC2)c1. The number of rotatable bonds is 5. The van der Waals surface area contributed by atoms with E-state index in [4.69, 9.17) is 4.74 Å². The highest BCUT2D eigenvalue weighted by atomic mass is 16.5. The van der Waals surface area contributed by atoms with Crippen LogP contribution in [0.5, 0.6) is 5.75 Å². The summed E-state index contributed by atoms with van der Waals surface area (Å²) in [6, 6.07) is 7.68. The summed E-state index contributed by atoms with van der Waals surface area (Å²) < 4.78 is 7.01. The van der Waals surface area contributed by atoms with E-state index in [0.717, 1.165) is 57.3 Å².